The van der Waals surface area contributed by atoms with Crippen molar-refractivity contribution >= 4 is 17.6 Å². The van der Waals surface area contributed by atoms with E-state index in [-0.39, 0.29) is 0 Å². The monoisotopic (exact) mass is 256 g/mol. The minimum atomic E-state index is -0.828. The summed E-state index contributed by atoms with van der Waals surface area (Å²) in [5.41, 5.74) is 2.67. The Hall–Kier alpha value is -1.22. The van der Waals surface area contributed by atoms with Crippen LogP contribution in [0.5, 0.6) is 5.75 Å². The van der Waals surface area contributed by atoms with Crippen molar-refractivity contribution in [3.63, 3.8) is 0 Å². The molecule has 17 heavy (non-hydrogen) atoms. The minimum absolute atomic E-state index is 0.315. The molecule has 1 atom stereocenters. The van der Waals surface area contributed by atoms with Crippen molar-refractivity contribution in [2.75, 3.05) is 13.7 Å². The van der Waals surface area contributed by atoms with E-state index < -0.39 is 11.3 Å². The van der Waals surface area contributed by atoms with Gasteiger partial charge in [-0.3, -0.25) is 4.79 Å². The summed E-state index contributed by atoms with van der Waals surface area (Å²) in [6.07, 6.45) is 0. The van der Waals surface area contributed by atoms with Crippen LogP contribution < -0.4 is 4.74 Å². The highest BCUT2D eigenvalue weighted by Crippen LogP contribution is 2.34. The molecule has 0 saturated carbocycles. The van der Waals surface area contributed by atoms with Gasteiger partial charge in [0.1, 0.15) is 5.75 Å². The lowest BCUT2D eigenvalue weighted by molar-refractivity contribution is -0.142. The fraction of sp³-hybridized carbons (Fsp3) is 0.462. The highest BCUT2D eigenvalue weighted by Gasteiger charge is 2.24. The Morgan fingerprint density at radius 3 is 2.59 bits per heavy atom. The topological polar surface area (TPSA) is 35.5 Å². The smallest absolute Gasteiger partial charge is 0.328 e. The quantitative estimate of drug-likeness (QED) is 0.613. The molecule has 0 aliphatic heterocycles. The van der Waals surface area contributed by atoms with Gasteiger partial charge in [-0.15, -0.1) is 11.6 Å². The first-order valence-corrected chi connectivity index (χ1v) is 5.90. The predicted molar refractivity (Wildman–Crippen MR) is 67.7 cm³/mol. The van der Waals surface area contributed by atoms with Crippen LogP contribution in [-0.2, 0) is 9.53 Å². The Morgan fingerprint density at radius 2 is 2.06 bits per heavy atom. The predicted octanol–water partition coefficient (Wildman–Crippen LogP) is 3.16. The number of ether oxygens (including phenoxy) is 2. The Kier molecular flexibility index (Phi) is 4.82. The lowest BCUT2D eigenvalue weighted by Gasteiger charge is -2.16. The summed E-state index contributed by atoms with van der Waals surface area (Å²) in [6.45, 7) is 5.93. The Labute approximate surface area is 107 Å². The molecule has 0 aliphatic rings. The first-order chi connectivity index (χ1) is 8.01. The summed E-state index contributed by atoms with van der Waals surface area (Å²) in [4.78, 5) is 11.6. The Bertz CT molecular complexity index is 415. The normalized spacial score (nSPS) is 12.1. The Balaban J connectivity index is 3.16. The van der Waals surface area contributed by atoms with E-state index in [2.05, 4.69) is 0 Å². The van der Waals surface area contributed by atoms with E-state index in [9.17, 15) is 4.79 Å². The van der Waals surface area contributed by atoms with Crippen LogP contribution in [0.1, 0.15) is 29.0 Å². The van der Waals surface area contributed by atoms with Crippen molar-refractivity contribution in [1.82, 2.24) is 0 Å². The van der Waals surface area contributed by atoms with E-state index in [1.807, 2.05) is 26.0 Å². The lowest BCUT2D eigenvalue weighted by Crippen LogP contribution is -2.13. The highest BCUT2D eigenvalue weighted by atomic mass is 35.5. The summed E-state index contributed by atoms with van der Waals surface area (Å²) in [7, 11) is 1.56. The van der Waals surface area contributed by atoms with Gasteiger partial charge in [-0.2, -0.15) is 0 Å². The van der Waals surface area contributed by atoms with Gasteiger partial charge in [-0.1, -0.05) is 6.07 Å². The molecule has 0 aromatic heterocycles. The van der Waals surface area contributed by atoms with Crippen molar-refractivity contribution in [1.29, 1.82) is 0 Å². The fourth-order valence-electron chi connectivity index (χ4n) is 1.77. The maximum Gasteiger partial charge on any atom is 0.328 e. The number of carbonyl (C=O) groups excluding carboxylic acids is 1. The highest BCUT2D eigenvalue weighted by molar-refractivity contribution is 6.30. The van der Waals surface area contributed by atoms with Gasteiger partial charge in [-0.25, -0.2) is 0 Å². The van der Waals surface area contributed by atoms with Gasteiger partial charge in [0.05, 0.1) is 13.7 Å². The molecule has 0 fully saturated rings. The molecule has 0 saturated heterocycles. The number of aryl methyl sites for hydroxylation is 2. The van der Waals surface area contributed by atoms with Crippen molar-refractivity contribution in [3.05, 3.63) is 28.8 Å². The fourth-order valence-corrected chi connectivity index (χ4v) is 2.11. The average molecular weight is 257 g/mol. The number of rotatable bonds is 4. The zero-order valence-corrected chi connectivity index (χ0v) is 11.3. The van der Waals surface area contributed by atoms with Gasteiger partial charge in [0.15, 0.2) is 5.38 Å². The summed E-state index contributed by atoms with van der Waals surface area (Å²) in [5, 5.41) is -0.828. The number of hydrogen-bond acceptors (Lipinski definition) is 3. The number of carbonyl (C=O) groups is 1. The second-order valence-corrected chi connectivity index (χ2v) is 4.25. The molecule has 3 nitrogen and oxygen atoms in total. The molecule has 0 heterocycles. The van der Waals surface area contributed by atoms with Gasteiger partial charge in [-0.05, 0) is 38.0 Å². The standard InChI is InChI=1S/C13H17ClO3/c1-5-17-13(15)12(14)11-9(3)6-8(2)7-10(11)16-4/h6-7,12H,5H2,1-4H3. The molecule has 1 aromatic carbocycles. The van der Waals surface area contributed by atoms with Gasteiger partial charge < -0.3 is 9.47 Å². The molecule has 1 unspecified atom stereocenters. The molecule has 0 bridgehead atoms. The molecule has 0 radical (unpaired) electrons. The number of benzene rings is 1. The first-order valence-electron chi connectivity index (χ1n) is 5.47. The number of hydrogen-bond donors (Lipinski definition) is 0. The van der Waals surface area contributed by atoms with Crippen LogP contribution in [-0.4, -0.2) is 19.7 Å². The largest absolute Gasteiger partial charge is 0.496 e. The van der Waals surface area contributed by atoms with E-state index >= 15 is 0 Å². The molecule has 0 spiro atoms. The van der Waals surface area contributed by atoms with E-state index in [1.165, 1.54) is 0 Å². The van der Waals surface area contributed by atoms with Crippen molar-refractivity contribution < 1.29 is 14.3 Å². The SMILES string of the molecule is CCOC(=O)C(Cl)c1c(C)cc(C)cc1OC. The molecule has 1 aromatic rings. The van der Waals surface area contributed by atoms with E-state index in [0.717, 1.165) is 11.1 Å². The van der Waals surface area contributed by atoms with Crippen LogP contribution in [0.25, 0.3) is 0 Å². The first kappa shape index (κ1) is 13.8. The van der Waals surface area contributed by atoms with Crippen molar-refractivity contribution in [3.8, 4) is 5.75 Å². The molecule has 1 rings (SSSR count). The van der Waals surface area contributed by atoms with Crippen LogP contribution in [0.4, 0.5) is 0 Å². The third-order valence-corrected chi connectivity index (χ3v) is 2.86. The second-order valence-electron chi connectivity index (χ2n) is 3.81. The van der Waals surface area contributed by atoms with Gasteiger partial charge >= 0.3 is 5.97 Å². The Morgan fingerprint density at radius 1 is 1.41 bits per heavy atom. The maximum atomic E-state index is 11.6. The maximum absolute atomic E-state index is 11.6. The van der Waals surface area contributed by atoms with E-state index in [1.54, 1.807) is 14.0 Å². The third kappa shape index (κ3) is 3.13. The van der Waals surface area contributed by atoms with Gasteiger partial charge in [0.25, 0.3) is 0 Å². The van der Waals surface area contributed by atoms with E-state index in [0.29, 0.717) is 17.9 Å². The zero-order chi connectivity index (χ0) is 13.0. The number of alkyl halides is 1. The molecule has 0 N–H and O–H groups in total. The van der Waals surface area contributed by atoms with Gasteiger partial charge in [0, 0.05) is 5.56 Å². The van der Waals surface area contributed by atoms with Crippen LogP contribution in [0, 0.1) is 13.8 Å². The molecular formula is C13H17ClO3. The lowest BCUT2D eigenvalue weighted by atomic mass is 10.0. The summed E-state index contributed by atoms with van der Waals surface area (Å²) < 4.78 is 10.2. The zero-order valence-electron chi connectivity index (χ0n) is 10.5. The van der Waals surface area contributed by atoms with Crippen molar-refractivity contribution in [2.24, 2.45) is 0 Å². The van der Waals surface area contributed by atoms with Gasteiger partial charge in [0.2, 0.25) is 0 Å². The van der Waals surface area contributed by atoms with Crippen molar-refractivity contribution in [2.45, 2.75) is 26.1 Å². The average Bonchev–Trinajstić information content (AvgIpc) is 2.27. The van der Waals surface area contributed by atoms with Crippen LogP contribution in [0.3, 0.4) is 0 Å². The number of halogens is 1. The van der Waals surface area contributed by atoms with E-state index in [4.69, 9.17) is 21.1 Å². The molecule has 0 aliphatic carbocycles. The molecule has 0 amide bonds. The van der Waals surface area contributed by atoms with Crippen LogP contribution >= 0.6 is 11.6 Å². The minimum Gasteiger partial charge on any atom is -0.496 e. The summed E-state index contributed by atoms with van der Waals surface area (Å²) >= 11 is 6.12. The molecule has 4 heteroatoms. The number of esters is 1. The molecular weight excluding hydrogens is 240 g/mol. The molecule has 94 valence electrons. The second kappa shape index (κ2) is 5.92. The summed E-state index contributed by atoms with van der Waals surface area (Å²) in [5.74, 6) is 0.176. The summed E-state index contributed by atoms with van der Waals surface area (Å²) in [6, 6.07) is 3.82. The third-order valence-electron chi connectivity index (χ3n) is 2.46. The van der Waals surface area contributed by atoms with Crippen LogP contribution in [0.15, 0.2) is 12.1 Å². The number of methoxy groups -OCH3 is 1. The van der Waals surface area contributed by atoms with Crippen LogP contribution in [0.2, 0.25) is 0 Å².